The van der Waals surface area contributed by atoms with Crippen molar-refractivity contribution in [3.63, 3.8) is 0 Å². The molecule has 0 aromatic heterocycles. The molecule has 0 radical (unpaired) electrons. The lowest BCUT2D eigenvalue weighted by Crippen LogP contribution is -2.47. The van der Waals surface area contributed by atoms with Crippen LogP contribution in [0.15, 0.2) is 18.2 Å². The molecule has 1 aromatic rings. The molecule has 22 heavy (non-hydrogen) atoms. The number of halogens is 2. The van der Waals surface area contributed by atoms with Crippen LogP contribution in [0, 0.1) is 11.6 Å². The average Bonchev–Trinajstić information content (AvgIpc) is 2.35. The molecule has 0 bridgehead atoms. The van der Waals surface area contributed by atoms with Crippen LogP contribution in [0.1, 0.15) is 38.7 Å². The summed E-state index contributed by atoms with van der Waals surface area (Å²) in [5, 5.41) is 10.2. The second kappa shape index (κ2) is 6.20. The van der Waals surface area contributed by atoms with Crippen LogP contribution in [0.4, 0.5) is 13.6 Å². The van der Waals surface area contributed by atoms with Crippen molar-refractivity contribution in [3.05, 3.63) is 35.4 Å². The Balaban J connectivity index is 2.05. The van der Waals surface area contributed by atoms with Gasteiger partial charge in [0.25, 0.3) is 0 Å². The standard InChI is InChI=1S/C16H21F2NO3/c1-16(2,3)22-15(21)19-5-4-13(14(20)9-19)10-6-11(17)8-12(18)7-10/h6-8,13-14,20H,4-5,9H2,1-3H3. The monoisotopic (exact) mass is 313 g/mol. The van der Waals surface area contributed by atoms with Crippen LogP contribution in [-0.4, -0.2) is 40.9 Å². The van der Waals surface area contributed by atoms with Crippen molar-refractivity contribution >= 4 is 6.09 Å². The molecule has 122 valence electrons. The molecule has 1 N–H and O–H groups in total. The first kappa shape index (κ1) is 16.7. The van der Waals surface area contributed by atoms with Gasteiger partial charge in [0.15, 0.2) is 0 Å². The second-order valence-electron chi connectivity index (χ2n) is 6.59. The summed E-state index contributed by atoms with van der Waals surface area (Å²) in [6, 6.07) is 3.24. The first-order chi connectivity index (χ1) is 10.2. The Morgan fingerprint density at radius 2 is 1.86 bits per heavy atom. The molecule has 1 heterocycles. The lowest BCUT2D eigenvalue weighted by Gasteiger charge is -2.36. The number of aliphatic hydroxyl groups excluding tert-OH is 1. The molecule has 4 nitrogen and oxygen atoms in total. The summed E-state index contributed by atoms with van der Waals surface area (Å²) in [6.07, 6.45) is -0.957. The third kappa shape index (κ3) is 4.16. The summed E-state index contributed by atoms with van der Waals surface area (Å²) in [4.78, 5) is 13.4. The Bertz CT molecular complexity index is 537. The number of benzene rings is 1. The summed E-state index contributed by atoms with van der Waals surface area (Å²) >= 11 is 0. The van der Waals surface area contributed by atoms with Crippen LogP contribution in [0.3, 0.4) is 0 Å². The maximum absolute atomic E-state index is 13.3. The highest BCUT2D eigenvalue weighted by Crippen LogP contribution is 2.30. The number of carbonyl (C=O) groups is 1. The molecule has 6 heteroatoms. The number of nitrogens with zero attached hydrogens (tertiary/aromatic N) is 1. The Labute approximate surface area is 128 Å². The number of carbonyl (C=O) groups excluding carboxylic acids is 1. The summed E-state index contributed by atoms with van der Waals surface area (Å²) in [5.41, 5.74) is -0.196. The number of hydrogen-bond donors (Lipinski definition) is 1. The van der Waals surface area contributed by atoms with E-state index in [9.17, 15) is 18.7 Å². The van der Waals surface area contributed by atoms with Crippen LogP contribution in [-0.2, 0) is 4.74 Å². The molecule has 1 aliphatic rings. The van der Waals surface area contributed by atoms with Crippen molar-refractivity contribution in [1.29, 1.82) is 0 Å². The minimum atomic E-state index is -0.887. The highest BCUT2D eigenvalue weighted by molar-refractivity contribution is 5.68. The molecule has 2 atom stereocenters. The predicted molar refractivity (Wildman–Crippen MR) is 77.5 cm³/mol. The highest BCUT2D eigenvalue weighted by Gasteiger charge is 2.33. The van der Waals surface area contributed by atoms with Crippen LogP contribution in [0.25, 0.3) is 0 Å². The SMILES string of the molecule is CC(C)(C)OC(=O)N1CCC(c2cc(F)cc(F)c2)C(O)C1. The van der Waals surface area contributed by atoms with Gasteiger partial charge in [-0.05, 0) is 44.9 Å². The van der Waals surface area contributed by atoms with Crippen molar-refractivity contribution < 1.29 is 23.4 Å². The Hall–Kier alpha value is -1.69. The van der Waals surface area contributed by atoms with Crippen LogP contribution >= 0.6 is 0 Å². The molecule has 1 saturated heterocycles. The van der Waals surface area contributed by atoms with Crippen LogP contribution in [0.2, 0.25) is 0 Å². The molecule has 1 aromatic carbocycles. The molecular weight excluding hydrogens is 292 g/mol. The van der Waals surface area contributed by atoms with Gasteiger partial charge in [-0.1, -0.05) is 0 Å². The topological polar surface area (TPSA) is 49.8 Å². The number of hydrogen-bond acceptors (Lipinski definition) is 3. The number of aliphatic hydroxyl groups is 1. The summed E-state index contributed by atoms with van der Waals surface area (Å²) in [5.74, 6) is -1.74. The van der Waals surface area contributed by atoms with E-state index in [0.717, 1.165) is 6.07 Å². The number of rotatable bonds is 1. The number of β-amino-alcohol motifs (C(OH)–C–C–N with tert-alkyl or cyclic N) is 1. The van der Waals surface area contributed by atoms with E-state index in [-0.39, 0.29) is 6.54 Å². The average molecular weight is 313 g/mol. The number of ether oxygens (including phenoxy) is 1. The number of likely N-dealkylation sites (tertiary alicyclic amines) is 1. The van der Waals surface area contributed by atoms with Crippen LogP contribution < -0.4 is 0 Å². The van der Waals surface area contributed by atoms with Gasteiger partial charge in [0.2, 0.25) is 0 Å². The maximum Gasteiger partial charge on any atom is 0.410 e. The fourth-order valence-corrected chi connectivity index (χ4v) is 2.60. The fourth-order valence-electron chi connectivity index (χ4n) is 2.60. The summed E-state index contributed by atoms with van der Waals surface area (Å²) in [7, 11) is 0. The van der Waals surface area contributed by atoms with Crippen LogP contribution in [0.5, 0.6) is 0 Å². The van der Waals surface area contributed by atoms with Gasteiger partial charge in [0, 0.05) is 18.5 Å². The minimum Gasteiger partial charge on any atom is -0.444 e. The first-order valence-corrected chi connectivity index (χ1v) is 7.28. The van der Waals surface area contributed by atoms with Gasteiger partial charge in [-0.2, -0.15) is 0 Å². The molecular formula is C16H21F2NO3. The lowest BCUT2D eigenvalue weighted by atomic mass is 9.87. The minimum absolute atomic E-state index is 0.0811. The van der Waals surface area contributed by atoms with E-state index in [1.54, 1.807) is 20.8 Å². The van der Waals surface area contributed by atoms with E-state index in [2.05, 4.69) is 0 Å². The van der Waals surface area contributed by atoms with Crippen molar-refractivity contribution in [2.75, 3.05) is 13.1 Å². The number of amides is 1. The molecule has 0 aliphatic carbocycles. The summed E-state index contributed by atoms with van der Waals surface area (Å²) in [6.45, 7) is 5.75. The fraction of sp³-hybridized carbons (Fsp3) is 0.562. The summed E-state index contributed by atoms with van der Waals surface area (Å²) < 4.78 is 31.8. The molecule has 0 saturated carbocycles. The van der Waals surface area contributed by atoms with Crippen molar-refractivity contribution in [2.24, 2.45) is 0 Å². The van der Waals surface area contributed by atoms with Crippen molar-refractivity contribution in [1.82, 2.24) is 4.90 Å². The number of piperidine rings is 1. The largest absolute Gasteiger partial charge is 0.444 e. The maximum atomic E-state index is 13.3. The Morgan fingerprint density at radius 1 is 1.27 bits per heavy atom. The van der Waals surface area contributed by atoms with Gasteiger partial charge < -0.3 is 14.7 Å². The van der Waals surface area contributed by atoms with Gasteiger partial charge in [0.05, 0.1) is 12.6 Å². The Kier molecular flexibility index (Phi) is 4.70. The zero-order chi connectivity index (χ0) is 16.5. The molecule has 1 aliphatic heterocycles. The van der Waals surface area contributed by atoms with E-state index >= 15 is 0 Å². The van der Waals surface area contributed by atoms with Gasteiger partial charge in [-0.3, -0.25) is 0 Å². The smallest absolute Gasteiger partial charge is 0.410 e. The van der Waals surface area contributed by atoms with Crippen molar-refractivity contribution in [3.8, 4) is 0 Å². The van der Waals surface area contributed by atoms with E-state index in [4.69, 9.17) is 4.74 Å². The lowest BCUT2D eigenvalue weighted by molar-refractivity contribution is -0.00157. The van der Waals surface area contributed by atoms with E-state index in [1.807, 2.05) is 0 Å². The second-order valence-corrected chi connectivity index (χ2v) is 6.59. The molecule has 1 amide bonds. The quantitative estimate of drug-likeness (QED) is 0.867. The third-order valence-corrected chi connectivity index (χ3v) is 3.55. The van der Waals surface area contributed by atoms with Gasteiger partial charge >= 0.3 is 6.09 Å². The molecule has 2 rings (SSSR count). The third-order valence-electron chi connectivity index (χ3n) is 3.55. The zero-order valence-electron chi connectivity index (χ0n) is 13.0. The molecule has 1 fully saturated rings. The van der Waals surface area contributed by atoms with E-state index in [0.29, 0.717) is 18.5 Å². The Morgan fingerprint density at radius 3 is 2.36 bits per heavy atom. The van der Waals surface area contributed by atoms with Gasteiger partial charge in [0.1, 0.15) is 17.2 Å². The van der Waals surface area contributed by atoms with Crippen molar-refractivity contribution in [2.45, 2.75) is 44.8 Å². The van der Waals surface area contributed by atoms with E-state index < -0.39 is 35.4 Å². The highest BCUT2D eigenvalue weighted by atomic mass is 19.1. The molecule has 2 unspecified atom stereocenters. The first-order valence-electron chi connectivity index (χ1n) is 7.28. The van der Waals surface area contributed by atoms with Gasteiger partial charge in [-0.25, -0.2) is 13.6 Å². The van der Waals surface area contributed by atoms with E-state index in [1.165, 1.54) is 17.0 Å². The van der Waals surface area contributed by atoms with Gasteiger partial charge in [-0.15, -0.1) is 0 Å². The predicted octanol–water partition coefficient (Wildman–Crippen LogP) is 3.05. The zero-order valence-corrected chi connectivity index (χ0v) is 13.0. The molecule has 0 spiro atoms. The normalized spacial score (nSPS) is 22.5.